The van der Waals surface area contributed by atoms with Gasteiger partial charge in [-0.1, -0.05) is 273 Å². The molecule has 0 bridgehead atoms. The Balaban J connectivity index is 0.920. The standard InChI is InChI=1S/C99H81N5/c1-7-53-98(3,4)73-51-56-101-90(64-73)68-46-49-86(96(62-68)103-92-41-22-18-36-82(92)83-37-19-23-42-93(83)103)79-34-16-13-31-76(79)71-58-70(75-30-12-15-33-78(75)81-48-45-67(89-40-26-27-55-100-89)61-88(81)66-28-10-9-11-29-66)59-72(60-71)77-32-14-17-35-80(77)87-50-47-69(91-65-74(52-57-102-91)99(5,6)54-8-2)63-97(87)104-94-43-24-20-38-84(94)85-39-21-25-44-95(85)104/h9-52,55-65H,7-8,53-54H2,1-6H3. The van der Waals surface area contributed by atoms with Gasteiger partial charge in [0.1, 0.15) is 0 Å². The molecule has 0 aliphatic heterocycles. The lowest BCUT2D eigenvalue weighted by atomic mass is 9.80. The maximum Gasteiger partial charge on any atom is 0.0705 e. The number of para-hydroxylation sites is 4. The molecule has 0 saturated carbocycles. The van der Waals surface area contributed by atoms with Crippen molar-refractivity contribution in [3.8, 4) is 123 Å². The van der Waals surface area contributed by atoms with Crippen molar-refractivity contribution in [2.24, 2.45) is 0 Å². The van der Waals surface area contributed by atoms with Gasteiger partial charge in [-0.25, -0.2) is 0 Å². The van der Waals surface area contributed by atoms with Gasteiger partial charge in [0.25, 0.3) is 0 Å². The van der Waals surface area contributed by atoms with Crippen LogP contribution in [-0.4, -0.2) is 24.1 Å². The minimum absolute atomic E-state index is 0.0141. The fourth-order valence-electron chi connectivity index (χ4n) is 16.5. The van der Waals surface area contributed by atoms with Crippen LogP contribution >= 0.6 is 0 Å². The minimum Gasteiger partial charge on any atom is -0.309 e. The van der Waals surface area contributed by atoms with E-state index in [1.165, 1.54) is 32.7 Å². The topological polar surface area (TPSA) is 48.5 Å². The third kappa shape index (κ3) is 11.9. The molecule has 5 aromatic heterocycles. The number of hydrogen-bond acceptors (Lipinski definition) is 3. The van der Waals surface area contributed by atoms with Gasteiger partial charge in [0, 0.05) is 68.0 Å². The fourth-order valence-corrected chi connectivity index (χ4v) is 16.5. The number of rotatable bonds is 18. The Hall–Kier alpha value is -12.3. The molecule has 5 heteroatoms. The molecule has 5 heterocycles. The summed E-state index contributed by atoms with van der Waals surface area (Å²) in [7, 11) is 0. The Morgan fingerprint density at radius 1 is 0.240 bits per heavy atom. The van der Waals surface area contributed by atoms with Gasteiger partial charge in [-0.15, -0.1) is 0 Å². The van der Waals surface area contributed by atoms with E-state index >= 15 is 0 Å². The zero-order chi connectivity index (χ0) is 70.5. The SMILES string of the molecule is CCCC(C)(C)c1ccnc(-c2ccc(-c3ccccc3-c3cc(-c4ccccc4-c4ccc(-c5ccccn5)cc4-c4ccccc4)cc(-c4ccccc4-c4ccc(-c5cc(C(C)(C)CCC)ccn5)cc4-n4c5ccccc5c5ccccc54)c3)c(-n3c4ccccc4c4ccccc43)c2)c1. The Morgan fingerprint density at radius 2 is 0.577 bits per heavy atom. The first-order valence-electron chi connectivity index (χ1n) is 36.7. The van der Waals surface area contributed by atoms with Crippen LogP contribution in [0.1, 0.15) is 78.4 Å². The molecule has 104 heavy (non-hydrogen) atoms. The highest BCUT2D eigenvalue weighted by atomic mass is 15.0. The molecule has 0 aliphatic carbocycles. The van der Waals surface area contributed by atoms with Gasteiger partial charge in [-0.2, -0.15) is 0 Å². The second-order valence-electron chi connectivity index (χ2n) is 29.1. The third-order valence-electron chi connectivity index (χ3n) is 21.6. The summed E-state index contributed by atoms with van der Waals surface area (Å²) in [6.07, 6.45) is 10.2. The van der Waals surface area contributed by atoms with Crippen LogP contribution in [0.25, 0.3) is 167 Å². The van der Waals surface area contributed by atoms with Gasteiger partial charge < -0.3 is 9.13 Å². The Kier molecular flexibility index (Phi) is 17.0. The molecule has 0 spiro atoms. The molecule has 0 unspecified atom stereocenters. The van der Waals surface area contributed by atoms with Crippen LogP contribution < -0.4 is 0 Å². The van der Waals surface area contributed by atoms with E-state index in [-0.39, 0.29) is 10.8 Å². The second kappa shape index (κ2) is 27.2. The van der Waals surface area contributed by atoms with Crippen LogP contribution in [0, 0.1) is 0 Å². The van der Waals surface area contributed by atoms with Crippen molar-refractivity contribution >= 4 is 43.6 Å². The van der Waals surface area contributed by atoms with Crippen molar-refractivity contribution in [2.75, 3.05) is 0 Å². The van der Waals surface area contributed by atoms with E-state index in [0.29, 0.717) is 0 Å². The Morgan fingerprint density at radius 3 is 0.981 bits per heavy atom. The summed E-state index contributed by atoms with van der Waals surface area (Å²) < 4.78 is 4.98. The summed E-state index contributed by atoms with van der Waals surface area (Å²) in [5.74, 6) is 0. The third-order valence-corrected chi connectivity index (χ3v) is 21.6. The molecular formula is C99H81N5. The van der Waals surface area contributed by atoms with Crippen LogP contribution in [0.2, 0.25) is 0 Å². The molecule has 0 amide bonds. The average molecular weight is 1340 g/mol. The fraction of sp³-hybridized carbons (Fsp3) is 0.121. The van der Waals surface area contributed by atoms with Gasteiger partial charge >= 0.3 is 0 Å². The first-order chi connectivity index (χ1) is 51.0. The molecule has 0 saturated heterocycles. The summed E-state index contributed by atoms with van der Waals surface area (Å²) >= 11 is 0. The summed E-state index contributed by atoms with van der Waals surface area (Å²) in [6, 6.07) is 117. The molecular weight excluding hydrogens is 1260 g/mol. The van der Waals surface area contributed by atoms with Crippen molar-refractivity contribution in [2.45, 2.75) is 78.1 Å². The van der Waals surface area contributed by atoms with Crippen LogP contribution in [0.15, 0.2) is 334 Å². The molecule has 5 nitrogen and oxygen atoms in total. The van der Waals surface area contributed by atoms with Crippen LogP contribution in [0.5, 0.6) is 0 Å². The Labute approximate surface area is 610 Å². The summed E-state index contributed by atoms with van der Waals surface area (Å²) in [4.78, 5) is 15.1. The molecule has 17 rings (SSSR count). The van der Waals surface area contributed by atoms with Crippen LogP contribution in [0.4, 0.5) is 0 Å². The summed E-state index contributed by atoms with van der Waals surface area (Å²) in [6.45, 7) is 14.0. The maximum absolute atomic E-state index is 5.14. The average Bonchev–Trinajstić information content (AvgIpc) is 1.56. The van der Waals surface area contributed by atoms with E-state index in [4.69, 9.17) is 15.0 Å². The zero-order valence-electron chi connectivity index (χ0n) is 59.8. The summed E-state index contributed by atoms with van der Waals surface area (Å²) in [5, 5.41) is 4.83. The minimum atomic E-state index is -0.0141. The Bertz CT molecular complexity index is 5700. The molecule has 0 fully saturated rings. The zero-order valence-corrected chi connectivity index (χ0v) is 59.8. The van der Waals surface area contributed by atoms with E-state index in [0.717, 1.165) is 171 Å². The molecule has 502 valence electrons. The highest BCUT2D eigenvalue weighted by molar-refractivity contribution is 6.12. The van der Waals surface area contributed by atoms with Gasteiger partial charge in [-0.3, -0.25) is 15.0 Å². The monoisotopic (exact) mass is 1340 g/mol. The lowest BCUT2D eigenvalue weighted by molar-refractivity contribution is 0.472. The molecule has 0 atom stereocenters. The van der Waals surface area contributed by atoms with E-state index in [1.54, 1.807) is 0 Å². The quantitative estimate of drug-likeness (QED) is 0.0860. The van der Waals surface area contributed by atoms with Crippen molar-refractivity contribution < 1.29 is 0 Å². The van der Waals surface area contributed by atoms with Crippen LogP contribution in [0.3, 0.4) is 0 Å². The molecule has 0 aliphatic rings. The normalized spacial score (nSPS) is 11.9. The van der Waals surface area contributed by atoms with Crippen molar-refractivity contribution in [3.05, 3.63) is 345 Å². The lowest BCUT2D eigenvalue weighted by Crippen LogP contribution is -2.16. The second-order valence-corrected chi connectivity index (χ2v) is 29.1. The number of hydrogen-bond donors (Lipinski definition) is 0. The molecule has 12 aromatic carbocycles. The van der Waals surface area contributed by atoms with Gasteiger partial charge in [0.15, 0.2) is 0 Å². The van der Waals surface area contributed by atoms with Crippen molar-refractivity contribution in [1.29, 1.82) is 0 Å². The van der Waals surface area contributed by atoms with Crippen LogP contribution in [-0.2, 0) is 10.8 Å². The number of benzene rings is 12. The van der Waals surface area contributed by atoms with E-state index in [1.807, 2.05) is 24.7 Å². The largest absolute Gasteiger partial charge is 0.309 e. The highest BCUT2D eigenvalue weighted by Crippen LogP contribution is 2.49. The number of pyridine rings is 3. The smallest absolute Gasteiger partial charge is 0.0705 e. The van der Waals surface area contributed by atoms with Crippen molar-refractivity contribution in [1.82, 2.24) is 24.1 Å². The van der Waals surface area contributed by atoms with Crippen molar-refractivity contribution in [3.63, 3.8) is 0 Å². The lowest BCUT2D eigenvalue weighted by Gasteiger charge is -2.25. The molecule has 0 N–H and O–H groups in total. The van der Waals surface area contributed by atoms with Gasteiger partial charge in [0.05, 0.1) is 50.5 Å². The maximum atomic E-state index is 5.14. The van der Waals surface area contributed by atoms with E-state index < -0.39 is 0 Å². The van der Waals surface area contributed by atoms with E-state index in [9.17, 15) is 0 Å². The molecule has 17 aromatic rings. The molecule has 0 radical (unpaired) electrons. The number of fused-ring (bicyclic) bond motifs is 6. The first-order valence-corrected chi connectivity index (χ1v) is 36.7. The first kappa shape index (κ1) is 65.0. The predicted molar refractivity (Wildman–Crippen MR) is 439 cm³/mol. The number of aromatic nitrogens is 5. The van der Waals surface area contributed by atoms with Gasteiger partial charge in [-0.05, 0) is 199 Å². The van der Waals surface area contributed by atoms with E-state index in [2.05, 4.69) is 360 Å². The summed E-state index contributed by atoms with van der Waals surface area (Å²) in [5.41, 5.74) is 30.9. The predicted octanol–water partition coefficient (Wildman–Crippen LogP) is 26.9. The number of nitrogens with zero attached hydrogens (tertiary/aromatic N) is 5. The highest BCUT2D eigenvalue weighted by Gasteiger charge is 2.27. The van der Waals surface area contributed by atoms with Gasteiger partial charge in [0.2, 0.25) is 0 Å².